The predicted molar refractivity (Wildman–Crippen MR) is 113 cm³/mol. The third kappa shape index (κ3) is 4.11. The fourth-order valence-corrected chi connectivity index (χ4v) is 5.19. The Morgan fingerprint density at radius 3 is 2.54 bits per heavy atom. The molecule has 2 aromatic carbocycles. The molecule has 0 unspecified atom stereocenters. The van der Waals surface area contributed by atoms with Gasteiger partial charge < -0.3 is 9.80 Å². The molecule has 3 nitrogen and oxygen atoms in total. The largest absolute Gasteiger partial charge is 0.335 e. The Bertz CT molecular complexity index is 798. The summed E-state index contributed by atoms with van der Waals surface area (Å²) in [6, 6.07) is 16.9. The second kappa shape index (κ2) is 8.66. The van der Waals surface area contributed by atoms with Gasteiger partial charge >= 0.3 is 0 Å². The van der Waals surface area contributed by atoms with Gasteiger partial charge in [-0.05, 0) is 35.4 Å². The molecule has 2 aromatic rings. The van der Waals surface area contributed by atoms with Crippen LogP contribution in [-0.4, -0.2) is 53.9 Å². The number of benzene rings is 2. The zero-order valence-corrected chi connectivity index (χ0v) is 17.1. The third-order valence-corrected chi connectivity index (χ3v) is 6.67. The third-order valence-electron chi connectivity index (χ3n) is 6.08. The maximum Gasteiger partial charge on any atom is 0.227 e. The van der Waals surface area contributed by atoms with E-state index in [1.807, 2.05) is 17.8 Å². The van der Waals surface area contributed by atoms with E-state index < -0.39 is 0 Å². The zero-order valence-electron chi connectivity index (χ0n) is 16.3. The van der Waals surface area contributed by atoms with Gasteiger partial charge in [-0.3, -0.25) is 4.79 Å². The van der Waals surface area contributed by atoms with Crippen LogP contribution in [0.25, 0.3) is 0 Å². The van der Waals surface area contributed by atoms with Gasteiger partial charge in [-0.2, -0.15) is 11.8 Å². The summed E-state index contributed by atoms with van der Waals surface area (Å²) < 4.78 is 13.2. The molecule has 3 atom stereocenters. The van der Waals surface area contributed by atoms with Gasteiger partial charge in [-0.15, -0.1) is 0 Å². The van der Waals surface area contributed by atoms with E-state index in [9.17, 15) is 9.18 Å². The summed E-state index contributed by atoms with van der Waals surface area (Å²) in [5.41, 5.74) is 2.10. The number of halogens is 1. The molecule has 1 amide bonds. The van der Waals surface area contributed by atoms with E-state index in [4.69, 9.17) is 0 Å². The van der Waals surface area contributed by atoms with E-state index >= 15 is 0 Å². The van der Waals surface area contributed by atoms with Crippen molar-refractivity contribution in [2.24, 2.45) is 11.8 Å². The molecular formula is C23H27FN2OS. The quantitative estimate of drug-likeness (QED) is 0.738. The lowest BCUT2D eigenvalue weighted by Crippen LogP contribution is -2.37. The molecule has 0 radical (unpaired) electrons. The average molecular weight is 399 g/mol. The maximum absolute atomic E-state index is 13.2. The minimum atomic E-state index is -0.264. The number of thioether (sulfide) groups is 1. The second-order valence-corrected chi connectivity index (χ2v) is 8.87. The van der Waals surface area contributed by atoms with Crippen LogP contribution in [0, 0.1) is 17.7 Å². The smallest absolute Gasteiger partial charge is 0.227 e. The van der Waals surface area contributed by atoms with Crippen LogP contribution in [0.4, 0.5) is 4.39 Å². The molecule has 0 saturated carbocycles. The zero-order chi connectivity index (χ0) is 19.5. The SMILES string of the molecule is CSCCN1C[C@H]2CN(C(=O)Cc3ccc(F)cc3)[C@H](c3ccccc3)[C@H]2C1. The highest BCUT2D eigenvalue weighted by Gasteiger charge is 2.48. The molecule has 2 aliphatic heterocycles. The Labute approximate surface area is 170 Å². The number of carbonyl (C=O) groups excluding carboxylic acids is 1. The fourth-order valence-electron chi connectivity index (χ4n) is 4.75. The van der Waals surface area contributed by atoms with Crippen molar-refractivity contribution in [1.82, 2.24) is 9.80 Å². The molecular weight excluding hydrogens is 371 g/mol. The topological polar surface area (TPSA) is 23.6 Å². The average Bonchev–Trinajstić information content (AvgIpc) is 3.26. The van der Waals surface area contributed by atoms with Gasteiger partial charge in [0, 0.05) is 37.8 Å². The summed E-state index contributed by atoms with van der Waals surface area (Å²) in [5.74, 6) is 2.05. The molecule has 0 aromatic heterocycles. The van der Waals surface area contributed by atoms with Crippen LogP contribution in [0.5, 0.6) is 0 Å². The Morgan fingerprint density at radius 1 is 1.07 bits per heavy atom. The predicted octanol–water partition coefficient (Wildman–Crippen LogP) is 3.86. The van der Waals surface area contributed by atoms with Crippen LogP contribution in [0.1, 0.15) is 17.2 Å². The summed E-state index contributed by atoms with van der Waals surface area (Å²) in [7, 11) is 0. The van der Waals surface area contributed by atoms with Gasteiger partial charge in [-0.1, -0.05) is 42.5 Å². The number of rotatable bonds is 6. The lowest BCUT2D eigenvalue weighted by atomic mass is 9.89. The Kier molecular flexibility index (Phi) is 6.02. The normalized spacial score (nSPS) is 24.5. The van der Waals surface area contributed by atoms with Crippen molar-refractivity contribution in [2.45, 2.75) is 12.5 Å². The van der Waals surface area contributed by atoms with E-state index in [-0.39, 0.29) is 17.8 Å². The molecule has 0 spiro atoms. The first-order valence-corrected chi connectivity index (χ1v) is 11.3. The number of nitrogens with zero attached hydrogens (tertiary/aromatic N) is 2. The highest BCUT2D eigenvalue weighted by molar-refractivity contribution is 7.98. The lowest BCUT2D eigenvalue weighted by molar-refractivity contribution is -0.132. The fraction of sp³-hybridized carbons (Fsp3) is 0.435. The van der Waals surface area contributed by atoms with Crippen LogP contribution in [-0.2, 0) is 11.2 Å². The molecule has 2 fully saturated rings. The van der Waals surface area contributed by atoms with Crippen LogP contribution in [0.15, 0.2) is 54.6 Å². The van der Waals surface area contributed by atoms with Gasteiger partial charge in [0.25, 0.3) is 0 Å². The highest BCUT2D eigenvalue weighted by Crippen LogP contribution is 2.45. The maximum atomic E-state index is 13.2. The Hall–Kier alpha value is -1.85. The van der Waals surface area contributed by atoms with Crippen LogP contribution >= 0.6 is 11.8 Å². The molecule has 2 heterocycles. The summed E-state index contributed by atoms with van der Waals surface area (Å²) in [6.45, 7) is 4.08. The summed E-state index contributed by atoms with van der Waals surface area (Å²) >= 11 is 1.89. The standard InChI is InChI=1S/C23H27FN2OS/c1-28-12-11-25-14-19-15-26(22(27)13-17-7-9-20(24)10-8-17)23(21(19)16-25)18-5-3-2-4-6-18/h2-10,19,21,23H,11-16H2,1H3/t19-,21-,23+/m0/s1. The van der Waals surface area contributed by atoms with Gasteiger partial charge in [-0.25, -0.2) is 4.39 Å². The summed E-state index contributed by atoms with van der Waals surface area (Å²) in [6.07, 6.45) is 2.48. The minimum absolute atomic E-state index is 0.137. The van der Waals surface area contributed by atoms with Crippen LogP contribution < -0.4 is 0 Å². The van der Waals surface area contributed by atoms with Gasteiger partial charge in [0.05, 0.1) is 12.5 Å². The number of amides is 1. The number of hydrogen-bond acceptors (Lipinski definition) is 3. The number of likely N-dealkylation sites (tertiary alicyclic amines) is 2. The lowest BCUT2D eigenvalue weighted by Gasteiger charge is -2.30. The van der Waals surface area contributed by atoms with Crippen molar-refractivity contribution in [1.29, 1.82) is 0 Å². The Morgan fingerprint density at radius 2 is 1.82 bits per heavy atom. The number of hydrogen-bond donors (Lipinski definition) is 0. The monoisotopic (exact) mass is 398 g/mol. The van der Waals surface area contributed by atoms with Crippen LogP contribution in [0.2, 0.25) is 0 Å². The molecule has 148 valence electrons. The number of fused-ring (bicyclic) bond motifs is 1. The van der Waals surface area contributed by atoms with Gasteiger partial charge in [0.2, 0.25) is 5.91 Å². The van der Waals surface area contributed by atoms with E-state index in [0.717, 1.165) is 37.5 Å². The van der Waals surface area contributed by atoms with E-state index in [0.29, 0.717) is 18.3 Å². The molecule has 0 N–H and O–H groups in total. The first kappa shape index (κ1) is 19.5. The first-order valence-electron chi connectivity index (χ1n) is 9.96. The van der Waals surface area contributed by atoms with E-state index in [1.54, 1.807) is 12.1 Å². The van der Waals surface area contributed by atoms with Crippen molar-refractivity contribution in [3.63, 3.8) is 0 Å². The van der Waals surface area contributed by atoms with Gasteiger partial charge in [0.15, 0.2) is 0 Å². The Balaban J connectivity index is 1.53. The number of carbonyl (C=O) groups is 1. The molecule has 28 heavy (non-hydrogen) atoms. The molecule has 4 rings (SSSR count). The second-order valence-electron chi connectivity index (χ2n) is 7.88. The summed E-state index contributed by atoms with van der Waals surface area (Å²) in [4.78, 5) is 17.8. The van der Waals surface area contributed by atoms with Gasteiger partial charge in [0.1, 0.15) is 5.82 Å². The van der Waals surface area contributed by atoms with E-state index in [2.05, 4.69) is 40.3 Å². The molecule has 2 saturated heterocycles. The highest BCUT2D eigenvalue weighted by atomic mass is 32.2. The summed E-state index contributed by atoms with van der Waals surface area (Å²) in [5, 5.41) is 0. The van der Waals surface area contributed by atoms with Crippen molar-refractivity contribution in [2.75, 3.05) is 38.2 Å². The van der Waals surface area contributed by atoms with Crippen molar-refractivity contribution in [3.8, 4) is 0 Å². The molecule has 5 heteroatoms. The molecule has 2 aliphatic rings. The molecule has 0 aliphatic carbocycles. The van der Waals surface area contributed by atoms with Crippen LogP contribution in [0.3, 0.4) is 0 Å². The minimum Gasteiger partial charge on any atom is -0.335 e. The van der Waals surface area contributed by atoms with E-state index in [1.165, 1.54) is 17.7 Å². The van der Waals surface area contributed by atoms with Crippen molar-refractivity contribution >= 4 is 17.7 Å². The van der Waals surface area contributed by atoms with Crippen molar-refractivity contribution < 1.29 is 9.18 Å². The first-order chi connectivity index (χ1) is 13.7. The van der Waals surface area contributed by atoms with Crippen molar-refractivity contribution in [3.05, 3.63) is 71.5 Å². The molecule has 0 bridgehead atoms.